The Morgan fingerprint density at radius 3 is 2.51 bits per heavy atom. The lowest BCUT2D eigenvalue weighted by molar-refractivity contribution is 0.0519. The molecule has 0 unspecified atom stereocenters. The molecule has 2 aliphatic heterocycles. The molecule has 0 N–H and O–H groups in total. The number of furan rings is 1. The Morgan fingerprint density at radius 1 is 1.17 bits per heavy atom. The van der Waals surface area contributed by atoms with E-state index in [1.54, 1.807) is 39.1 Å². The number of aromatic nitrogens is 1. The van der Waals surface area contributed by atoms with Crippen LogP contribution in [0.15, 0.2) is 32.7 Å². The average Bonchev–Trinajstić information content (AvgIpc) is 3.40. The predicted molar refractivity (Wildman–Crippen MR) is 131 cm³/mol. The Balaban J connectivity index is 1.49. The largest absolute Gasteiger partial charge is 0.464 e. The highest BCUT2D eigenvalue weighted by atomic mass is 32.2. The second kappa shape index (κ2) is 9.94. The fraction of sp³-hybridized carbons (Fsp3) is 0.542. The van der Waals surface area contributed by atoms with Crippen LogP contribution in [0.3, 0.4) is 0 Å². The van der Waals surface area contributed by atoms with E-state index in [0.29, 0.717) is 56.0 Å². The van der Waals surface area contributed by atoms with Crippen molar-refractivity contribution >= 4 is 33.7 Å². The topological polar surface area (TPSA) is 110 Å². The van der Waals surface area contributed by atoms with Gasteiger partial charge >= 0.3 is 5.97 Å². The summed E-state index contributed by atoms with van der Waals surface area (Å²) in [7, 11) is -3.95. The summed E-state index contributed by atoms with van der Waals surface area (Å²) < 4.78 is 39.4. The Bertz CT molecular complexity index is 1230. The summed E-state index contributed by atoms with van der Waals surface area (Å²) in [5.74, 6) is -0.308. The number of piperidine rings is 1. The van der Waals surface area contributed by atoms with Gasteiger partial charge in [0.05, 0.1) is 12.2 Å². The zero-order valence-corrected chi connectivity index (χ0v) is 22.1. The van der Waals surface area contributed by atoms with Gasteiger partial charge < -0.3 is 14.1 Å². The standard InChI is InChI=1S/C24H31N3O6S2/c1-5-32-23(29)19-16(2)33-17(3)20(19)35(30,31)27-14-10-24(15-27)8-12-26(13-9-24)22(28)18-7-6-11-25-21(18)34-4/h6-7,11H,5,8-10,12-15H2,1-4H3. The number of carbonyl (C=O) groups is 2. The van der Waals surface area contributed by atoms with Crippen LogP contribution < -0.4 is 0 Å². The van der Waals surface area contributed by atoms with Crippen molar-refractivity contribution in [3.63, 3.8) is 0 Å². The van der Waals surface area contributed by atoms with Gasteiger partial charge in [0.15, 0.2) is 0 Å². The maximum atomic E-state index is 13.6. The zero-order chi connectivity index (χ0) is 25.4. The van der Waals surface area contributed by atoms with Crippen LogP contribution in [0, 0.1) is 19.3 Å². The maximum absolute atomic E-state index is 13.6. The molecule has 1 spiro atoms. The predicted octanol–water partition coefficient (Wildman–Crippen LogP) is 3.51. The van der Waals surface area contributed by atoms with Crippen molar-refractivity contribution < 1.29 is 27.2 Å². The van der Waals surface area contributed by atoms with Crippen molar-refractivity contribution in [2.75, 3.05) is 39.0 Å². The third-order valence-electron chi connectivity index (χ3n) is 6.99. The fourth-order valence-electron chi connectivity index (χ4n) is 5.12. The van der Waals surface area contributed by atoms with Crippen LogP contribution in [-0.2, 0) is 14.8 Å². The lowest BCUT2D eigenvalue weighted by Crippen LogP contribution is -2.45. The third-order valence-corrected chi connectivity index (χ3v) is 9.70. The van der Waals surface area contributed by atoms with Crippen LogP contribution >= 0.6 is 11.8 Å². The minimum Gasteiger partial charge on any atom is -0.464 e. The summed E-state index contributed by atoms with van der Waals surface area (Å²) in [6, 6.07) is 3.56. The molecule has 1 amide bonds. The number of likely N-dealkylation sites (tertiary alicyclic amines) is 1. The van der Waals surface area contributed by atoms with Crippen LogP contribution in [0.4, 0.5) is 0 Å². The quantitative estimate of drug-likeness (QED) is 0.420. The number of hydrogen-bond acceptors (Lipinski definition) is 8. The van der Waals surface area contributed by atoms with Gasteiger partial charge in [0.25, 0.3) is 5.91 Å². The van der Waals surface area contributed by atoms with Crippen LogP contribution in [-0.4, -0.2) is 73.5 Å². The monoisotopic (exact) mass is 521 g/mol. The van der Waals surface area contributed by atoms with Crippen molar-refractivity contribution in [2.24, 2.45) is 5.41 Å². The van der Waals surface area contributed by atoms with E-state index in [-0.39, 0.29) is 39.9 Å². The summed E-state index contributed by atoms with van der Waals surface area (Å²) in [6.07, 6.45) is 5.72. The molecule has 9 nitrogen and oxygen atoms in total. The summed E-state index contributed by atoms with van der Waals surface area (Å²) >= 11 is 1.44. The molecule has 2 aliphatic rings. The van der Waals surface area contributed by atoms with E-state index in [1.165, 1.54) is 16.1 Å². The SMILES string of the molecule is CCOC(=O)c1c(C)oc(C)c1S(=O)(=O)N1CCC2(CCN(C(=O)c3cccnc3SC)CC2)C1. The van der Waals surface area contributed by atoms with Gasteiger partial charge in [-0.1, -0.05) is 0 Å². The number of nitrogens with zero attached hydrogens (tertiary/aromatic N) is 3. The minimum atomic E-state index is -3.95. The molecule has 0 radical (unpaired) electrons. The van der Waals surface area contributed by atoms with Gasteiger partial charge in [0.1, 0.15) is 27.0 Å². The number of rotatable bonds is 6. The molecule has 2 aromatic heterocycles. The van der Waals surface area contributed by atoms with Gasteiger partial charge in [-0.05, 0) is 63.8 Å². The molecule has 4 rings (SSSR count). The first kappa shape index (κ1) is 25.7. The van der Waals surface area contributed by atoms with Gasteiger partial charge in [-0.25, -0.2) is 18.2 Å². The van der Waals surface area contributed by atoms with Gasteiger partial charge in [-0.15, -0.1) is 11.8 Å². The minimum absolute atomic E-state index is 0.0215. The first-order valence-corrected chi connectivity index (χ1v) is 14.4. The highest BCUT2D eigenvalue weighted by Crippen LogP contribution is 2.43. The van der Waals surface area contributed by atoms with Crippen LogP contribution in [0.1, 0.15) is 58.4 Å². The van der Waals surface area contributed by atoms with Crippen molar-refractivity contribution in [1.82, 2.24) is 14.2 Å². The first-order chi connectivity index (χ1) is 16.6. The molecule has 2 fully saturated rings. The second-order valence-corrected chi connectivity index (χ2v) is 11.7. The molecule has 190 valence electrons. The van der Waals surface area contributed by atoms with Crippen LogP contribution in [0.25, 0.3) is 0 Å². The number of sulfonamides is 1. The summed E-state index contributed by atoms with van der Waals surface area (Å²) in [4.78, 5) is 31.6. The van der Waals surface area contributed by atoms with Crippen LogP contribution in [0.2, 0.25) is 0 Å². The smallest absolute Gasteiger partial charge is 0.343 e. The Hall–Kier alpha value is -2.37. The molecule has 2 saturated heterocycles. The van der Waals surface area contributed by atoms with Gasteiger partial charge in [0, 0.05) is 32.4 Å². The number of amides is 1. The molecule has 35 heavy (non-hydrogen) atoms. The van der Waals surface area contributed by atoms with E-state index in [2.05, 4.69) is 4.98 Å². The van der Waals surface area contributed by atoms with E-state index in [1.807, 2.05) is 11.2 Å². The number of hydrogen-bond donors (Lipinski definition) is 0. The highest BCUT2D eigenvalue weighted by Gasteiger charge is 2.47. The van der Waals surface area contributed by atoms with Crippen molar-refractivity contribution in [3.8, 4) is 0 Å². The molecule has 0 saturated carbocycles. The zero-order valence-electron chi connectivity index (χ0n) is 20.5. The second-order valence-electron chi connectivity index (χ2n) is 9.08. The van der Waals surface area contributed by atoms with E-state index < -0.39 is 16.0 Å². The number of aryl methyl sites for hydroxylation is 2. The molecule has 11 heteroatoms. The Morgan fingerprint density at radius 2 is 1.86 bits per heavy atom. The van der Waals surface area contributed by atoms with E-state index in [0.717, 1.165) is 0 Å². The molecule has 0 aliphatic carbocycles. The van der Waals surface area contributed by atoms with E-state index in [9.17, 15) is 18.0 Å². The normalized spacial score (nSPS) is 18.2. The van der Waals surface area contributed by atoms with Crippen molar-refractivity contribution in [1.29, 1.82) is 0 Å². The van der Waals surface area contributed by atoms with Gasteiger partial charge in [-0.3, -0.25) is 4.79 Å². The van der Waals surface area contributed by atoms with Crippen molar-refractivity contribution in [2.45, 2.75) is 50.0 Å². The fourth-order valence-corrected chi connectivity index (χ4v) is 7.59. The highest BCUT2D eigenvalue weighted by molar-refractivity contribution is 7.98. The van der Waals surface area contributed by atoms with E-state index >= 15 is 0 Å². The molecule has 4 heterocycles. The molecular formula is C24H31N3O6S2. The Kier molecular flexibility index (Phi) is 7.31. The lowest BCUT2D eigenvalue weighted by Gasteiger charge is -2.39. The average molecular weight is 522 g/mol. The van der Waals surface area contributed by atoms with Gasteiger partial charge in [0.2, 0.25) is 10.0 Å². The molecule has 0 bridgehead atoms. The molecule has 2 aromatic rings. The Labute approximate surface area is 210 Å². The molecule has 0 aromatic carbocycles. The van der Waals surface area contributed by atoms with Crippen LogP contribution in [0.5, 0.6) is 0 Å². The number of esters is 1. The lowest BCUT2D eigenvalue weighted by atomic mass is 9.78. The molecule has 0 atom stereocenters. The van der Waals surface area contributed by atoms with Crippen molar-refractivity contribution in [3.05, 3.63) is 41.0 Å². The summed E-state index contributed by atoms with van der Waals surface area (Å²) in [6.45, 7) is 6.78. The number of ether oxygens (including phenoxy) is 1. The van der Waals surface area contributed by atoms with Gasteiger partial charge in [-0.2, -0.15) is 4.31 Å². The number of pyridine rings is 1. The summed E-state index contributed by atoms with van der Waals surface area (Å²) in [5, 5.41) is 0.708. The maximum Gasteiger partial charge on any atom is 0.343 e. The summed E-state index contributed by atoms with van der Waals surface area (Å²) in [5.41, 5.74) is 0.383. The van der Waals surface area contributed by atoms with E-state index in [4.69, 9.17) is 9.15 Å². The number of carbonyl (C=O) groups excluding carboxylic acids is 2. The third kappa shape index (κ3) is 4.73. The first-order valence-electron chi connectivity index (χ1n) is 11.7. The number of thioether (sulfide) groups is 1. The molecular weight excluding hydrogens is 490 g/mol.